The molecule has 0 spiro atoms. The predicted octanol–water partition coefficient (Wildman–Crippen LogP) is 11.5. The van der Waals surface area contributed by atoms with Gasteiger partial charge in [-0.3, -0.25) is 0 Å². The van der Waals surface area contributed by atoms with Gasteiger partial charge in [-0.1, -0.05) is 156 Å². The number of rotatable bonds is 29. The summed E-state index contributed by atoms with van der Waals surface area (Å²) in [5.41, 5.74) is 0. The van der Waals surface area contributed by atoms with Gasteiger partial charge in [0.15, 0.2) is 0 Å². The van der Waals surface area contributed by atoms with E-state index >= 15 is 0 Å². The highest BCUT2D eigenvalue weighted by Crippen LogP contribution is 2.15. The fourth-order valence-electron chi connectivity index (χ4n) is 5.80. The molecule has 0 unspecified atom stereocenters. The minimum atomic E-state index is 1.21. The van der Waals surface area contributed by atoms with E-state index in [-0.39, 0.29) is 0 Å². The molecule has 0 amide bonds. The quantitative estimate of drug-likeness (QED) is 0.0737. The Labute approximate surface area is 234 Å². The fraction of sp³-hybridized carbons (Fsp3) is 0.914. The molecule has 0 aliphatic carbocycles. The molecule has 1 rings (SSSR count). The van der Waals surface area contributed by atoms with Crippen molar-refractivity contribution in [2.24, 2.45) is 0 Å². The molecule has 0 fully saturated rings. The van der Waals surface area contributed by atoms with Crippen LogP contribution in [0.1, 0.15) is 194 Å². The smallest absolute Gasteiger partial charge is 0.234 e. The molecular formula is C35H69N2+. The zero-order valence-corrected chi connectivity index (χ0v) is 26.1. The third-order valence-electron chi connectivity index (χ3n) is 8.35. The maximum atomic E-state index is 2.60. The summed E-state index contributed by atoms with van der Waals surface area (Å²) in [6.07, 6.45) is 43.0. The van der Waals surface area contributed by atoms with Crippen LogP contribution >= 0.6 is 0 Å². The summed E-state index contributed by atoms with van der Waals surface area (Å²) in [5.74, 6) is 1.61. The van der Waals surface area contributed by atoms with Crippen LogP contribution in [0.5, 0.6) is 0 Å². The van der Waals surface area contributed by atoms with Crippen molar-refractivity contribution in [3.05, 3.63) is 18.2 Å². The lowest BCUT2D eigenvalue weighted by atomic mass is 10.0. The zero-order chi connectivity index (χ0) is 26.7. The Hall–Kier alpha value is -0.790. The van der Waals surface area contributed by atoms with Gasteiger partial charge in [-0.05, 0) is 32.1 Å². The molecule has 1 heterocycles. The number of nitrogens with zero attached hydrogens (tertiary/aromatic N) is 2. The van der Waals surface area contributed by atoms with E-state index in [2.05, 4.69) is 42.3 Å². The Kier molecular flexibility index (Phi) is 24.8. The van der Waals surface area contributed by atoms with E-state index in [0.717, 1.165) is 0 Å². The minimum Gasteiger partial charge on any atom is -0.234 e. The lowest BCUT2D eigenvalue weighted by Crippen LogP contribution is -2.37. The van der Waals surface area contributed by atoms with Gasteiger partial charge in [0.05, 0.1) is 13.1 Å². The number of imidazole rings is 1. The normalized spacial score (nSPS) is 11.5. The zero-order valence-electron chi connectivity index (χ0n) is 26.1. The number of unbranched alkanes of at least 4 members (excludes halogenated alkanes) is 23. The van der Waals surface area contributed by atoms with E-state index in [0.29, 0.717) is 0 Å². The first kappa shape index (κ1) is 34.2. The fourth-order valence-corrected chi connectivity index (χ4v) is 5.80. The summed E-state index contributed by atoms with van der Waals surface area (Å²) >= 11 is 0. The van der Waals surface area contributed by atoms with Gasteiger partial charge >= 0.3 is 0 Å². The molecule has 1 aromatic heterocycles. The second kappa shape index (κ2) is 26.8. The van der Waals surface area contributed by atoms with Crippen LogP contribution in [0.3, 0.4) is 0 Å². The first-order chi connectivity index (χ1) is 18.3. The molecule has 0 atom stereocenters. The van der Waals surface area contributed by atoms with Crippen molar-refractivity contribution in [2.45, 2.75) is 207 Å². The Morgan fingerprint density at radius 2 is 0.838 bits per heavy atom. The molecule has 37 heavy (non-hydrogen) atoms. The van der Waals surface area contributed by atoms with Gasteiger partial charge in [-0.25, -0.2) is 9.13 Å². The molecule has 0 aliphatic heterocycles. The monoisotopic (exact) mass is 518 g/mol. The molecule has 0 saturated carbocycles. The van der Waals surface area contributed by atoms with Crippen molar-refractivity contribution >= 4 is 0 Å². The van der Waals surface area contributed by atoms with Crippen LogP contribution in [0.25, 0.3) is 0 Å². The van der Waals surface area contributed by atoms with E-state index in [9.17, 15) is 0 Å². The first-order valence-electron chi connectivity index (χ1n) is 17.4. The molecular weight excluding hydrogens is 448 g/mol. The Morgan fingerprint density at radius 1 is 0.459 bits per heavy atom. The number of aryl methyl sites for hydroxylation is 2. The van der Waals surface area contributed by atoms with Crippen LogP contribution in [0.4, 0.5) is 0 Å². The van der Waals surface area contributed by atoms with E-state index in [4.69, 9.17) is 0 Å². The van der Waals surface area contributed by atoms with E-state index in [1.165, 1.54) is 186 Å². The van der Waals surface area contributed by atoms with Crippen LogP contribution in [-0.4, -0.2) is 4.57 Å². The molecule has 2 nitrogen and oxygen atoms in total. The number of hydrogen-bond acceptors (Lipinski definition) is 0. The second-order valence-corrected chi connectivity index (χ2v) is 12.0. The van der Waals surface area contributed by atoms with Crippen molar-refractivity contribution < 1.29 is 4.57 Å². The highest BCUT2D eigenvalue weighted by molar-refractivity contribution is 4.84. The van der Waals surface area contributed by atoms with Crippen LogP contribution < -0.4 is 4.57 Å². The SMILES string of the molecule is CCCCCCCCCCCCCCCCCc1n(CCCCCCCCCC)cc[n+]1CCCCC. The predicted molar refractivity (Wildman–Crippen MR) is 165 cm³/mol. The summed E-state index contributed by atoms with van der Waals surface area (Å²) in [4.78, 5) is 0. The third kappa shape index (κ3) is 19.9. The first-order valence-corrected chi connectivity index (χ1v) is 17.4. The molecule has 218 valence electrons. The maximum absolute atomic E-state index is 2.60. The molecule has 0 saturated heterocycles. The molecule has 2 heteroatoms. The molecule has 0 radical (unpaired) electrons. The van der Waals surface area contributed by atoms with Crippen molar-refractivity contribution in [1.29, 1.82) is 0 Å². The molecule has 0 aromatic carbocycles. The van der Waals surface area contributed by atoms with Crippen molar-refractivity contribution in [3.8, 4) is 0 Å². The van der Waals surface area contributed by atoms with E-state index in [1.807, 2.05) is 0 Å². The highest BCUT2D eigenvalue weighted by Gasteiger charge is 2.16. The van der Waals surface area contributed by atoms with Gasteiger partial charge in [0, 0.05) is 6.42 Å². The minimum absolute atomic E-state index is 1.21. The van der Waals surface area contributed by atoms with Gasteiger partial charge in [-0.15, -0.1) is 0 Å². The Morgan fingerprint density at radius 3 is 1.30 bits per heavy atom. The van der Waals surface area contributed by atoms with Crippen LogP contribution in [0.2, 0.25) is 0 Å². The third-order valence-corrected chi connectivity index (χ3v) is 8.35. The highest BCUT2D eigenvalue weighted by atomic mass is 15.1. The van der Waals surface area contributed by atoms with Gasteiger partial charge in [-0.2, -0.15) is 0 Å². The standard InChI is InChI=1S/C35H69N2/c1-4-7-10-12-14-16-17-18-19-20-21-22-23-25-27-30-35-36(31-28-9-6-3)33-34-37(35)32-29-26-24-15-13-11-8-5-2/h33-34H,4-32H2,1-3H3/q+1. The summed E-state index contributed by atoms with van der Waals surface area (Å²) < 4.78 is 5.19. The number of aromatic nitrogens is 2. The van der Waals surface area contributed by atoms with Gasteiger partial charge < -0.3 is 0 Å². The van der Waals surface area contributed by atoms with Crippen molar-refractivity contribution in [1.82, 2.24) is 4.57 Å². The average molecular weight is 518 g/mol. The summed E-state index contributed by atoms with van der Waals surface area (Å²) in [7, 11) is 0. The van der Waals surface area contributed by atoms with Crippen molar-refractivity contribution in [2.75, 3.05) is 0 Å². The van der Waals surface area contributed by atoms with E-state index < -0.39 is 0 Å². The molecule has 1 aromatic rings. The lowest BCUT2D eigenvalue weighted by Gasteiger charge is -2.07. The lowest BCUT2D eigenvalue weighted by molar-refractivity contribution is -0.704. The molecule has 0 aliphatic rings. The Balaban J connectivity index is 2.16. The van der Waals surface area contributed by atoms with Crippen LogP contribution in [-0.2, 0) is 19.5 Å². The summed E-state index contributed by atoms with van der Waals surface area (Å²) in [6.45, 7) is 9.37. The average Bonchev–Trinajstić information content (AvgIpc) is 3.29. The van der Waals surface area contributed by atoms with E-state index in [1.54, 1.807) is 5.82 Å². The largest absolute Gasteiger partial charge is 0.256 e. The van der Waals surface area contributed by atoms with Gasteiger partial charge in [0.1, 0.15) is 12.4 Å². The Bertz CT molecular complexity index is 576. The maximum Gasteiger partial charge on any atom is 0.256 e. The van der Waals surface area contributed by atoms with Crippen molar-refractivity contribution in [3.63, 3.8) is 0 Å². The van der Waals surface area contributed by atoms with Gasteiger partial charge in [0.2, 0.25) is 0 Å². The second-order valence-electron chi connectivity index (χ2n) is 12.0. The molecule has 0 N–H and O–H groups in total. The topological polar surface area (TPSA) is 8.81 Å². The summed E-state index contributed by atoms with van der Waals surface area (Å²) in [5, 5.41) is 0. The number of hydrogen-bond donors (Lipinski definition) is 0. The van der Waals surface area contributed by atoms with Crippen LogP contribution in [0.15, 0.2) is 12.4 Å². The summed E-state index contributed by atoms with van der Waals surface area (Å²) in [6, 6.07) is 0. The molecule has 0 bridgehead atoms. The van der Waals surface area contributed by atoms with Gasteiger partial charge in [0.25, 0.3) is 5.82 Å². The van der Waals surface area contributed by atoms with Crippen LogP contribution in [0, 0.1) is 0 Å².